The van der Waals surface area contributed by atoms with E-state index in [-0.39, 0.29) is 11.3 Å². The molecule has 0 spiro atoms. The van der Waals surface area contributed by atoms with Crippen molar-refractivity contribution in [1.29, 1.82) is 0 Å². The van der Waals surface area contributed by atoms with Crippen LogP contribution in [0, 0.1) is 0 Å². The summed E-state index contributed by atoms with van der Waals surface area (Å²) >= 11 is 1.49. The Labute approximate surface area is 112 Å². The first-order valence-corrected chi connectivity index (χ1v) is 6.39. The number of benzene rings is 2. The normalized spacial score (nSPS) is 10.7. The van der Waals surface area contributed by atoms with E-state index in [0.717, 1.165) is 15.2 Å². The lowest BCUT2D eigenvalue weighted by atomic mass is 10.1. The summed E-state index contributed by atoms with van der Waals surface area (Å²) in [6.45, 7) is 0. The molecule has 0 saturated heterocycles. The van der Waals surface area contributed by atoms with Crippen molar-refractivity contribution < 1.29 is 15.0 Å². The predicted octanol–water partition coefficient (Wildman–Crippen LogP) is 3.37. The van der Waals surface area contributed by atoms with Gasteiger partial charge in [-0.25, -0.2) is 9.78 Å². The van der Waals surface area contributed by atoms with E-state index < -0.39 is 5.97 Å². The molecule has 1 heterocycles. The molecule has 0 bridgehead atoms. The number of carboxylic acid groups (broad SMARTS) is 1. The number of phenols is 1. The smallest absolute Gasteiger partial charge is 0.339 e. The minimum Gasteiger partial charge on any atom is -0.507 e. The largest absolute Gasteiger partial charge is 0.507 e. The third kappa shape index (κ3) is 2.04. The molecule has 0 radical (unpaired) electrons. The molecule has 0 aliphatic heterocycles. The number of nitrogens with zero attached hydrogens (tertiary/aromatic N) is 1. The van der Waals surface area contributed by atoms with Crippen molar-refractivity contribution in [2.75, 3.05) is 0 Å². The molecule has 3 rings (SSSR count). The van der Waals surface area contributed by atoms with E-state index in [4.69, 9.17) is 5.11 Å². The Morgan fingerprint density at radius 1 is 1.16 bits per heavy atom. The van der Waals surface area contributed by atoms with Gasteiger partial charge in [-0.15, -0.1) is 11.3 Å². The highest BCUT2D eigenvalue weighted by molar-refractivity contribution is 7.21. The zero-order valence-corrected chi connectivity index (χ0v) is 10.5. The van der Waals surface area contributed by atoms with Gasteiger partial charge in [0.05, 0.1) is 10.2 Å². The van der Waals surface area contributed by atoms with Crippen molar-refractivity contribution in [3.05, 3.63) is 48.0 Å². The van der Waals surface area contributed by atoms with Crippen molar-refractivity contribution in [1.82, 2.24) is 4.98 Å². The molecule has 1 aromatic heterocycles. The average molecular weight is 271 g/mol. The summed E-state index contributed by atoms with van der Waals surface area (Å²) in [5.74, 6) is -1.39. The zero-order chi connectivity index (χ0) is 13.4. The Hall–Kier alpha value is -2.40. The van der Waals surface area contributed by atoms with E-state index in [2.05, 4.69) is 4.98 Å². The molecule has 0 aliphatic rings. The van der Waals surface area contributed by atoms with Crippen molar-refractivity contribution >= 4 is 27.5 Å². The lowest BCUT2D eigenvalue weighted by Crippen LogP contribution is -1.96. The number of carbonyl (C=O) groups is 1. The number of hydrogen-bond donors (Lipinski definition) is 2. The van der Waals surface area contributed by atoms with Gasteiger partial charge in [-0.3, -0.25) is 0 Å². The Kier molecular flexibility index (Phi) is 2.68. The number of aromatic carboxylic acids is 1. The molecular weight excluding hydrogens is 262 g/mol. The zero-order valence-electron chi connectivity index (χ0n) is 9.70. The summed E-state index contributed by atoms with van der Waals surface area (Å²) in [6.07, 6.45) is 0. The molecule has 0 amide bonds. The molecule has 0 unspecified atom stereocenters. The molecule has 0 fully saturated rings. The Morgan fingerprint density at radius 3 is 2.68 bits per heavy atom. The van der Waals surface area contributed by atoms with Crippen LogP contribution in [0.2, 0.25) is 0 Å². The van der Waals surface area contributed by atoms with Gasteiger partial charge in [0.25, 0.3) is 0 Å². The molecule has 3 aromatic rings. The van der Waals surface area contributed by atoms with Gasteiger partial charge in [0.1, 0.15) is 16.3 Å². The van der Waals surface area contributed by atoms with E-state index in [1.54, 1.807) is 6.07 Å². The number of carboxylic acids is 1. The number of aromatic hydroxyl groups is 1. The Bertz CT molecular complexity index is 746. The lowest BCUT2D eigenvalue weighted by molar-refractivity contribution is 0.0694. The standard InChI is InChI=1S/C14H9NO3S/c16-11-6-5-8(7-9(11)14(17)18)13-15-10-3-1-2-4-12(10)19-13/h1-7,16H,(H,17,18). The second kappa shape index (κ2) is 4.37. The van der Waals surface area contributed by atoms with Gasteiger partial charge in [-0.05, 0) is 30.3 Å². The number of aromatic nitrogens is 1. The number of fused-ring (bicyclic) bond motifs is 1. The summed E-state index contributed by atoms with van der Waals surface area (Å²) in [7, 11) is 0. The Balaban J connectivity index is 2.16. The van der Waals surface area contributed by atoms with Gasteiger partial charge in [0, 0.05) is 5.56 Å². The van der Waals surface area contributed by atoms with Gasteiger partial charge in [-0.1, -0.05) is 12.1 Å². The molecular formula is C14H9NO3S. The van der Waals surface area contributed by atoms with Crippen LogP contribution in [0.3, 0.4) is 0 Å². The monoisotopic (exact) mass is 271 g/mol. The first kappa shape index (κ1) is 11.7. The second-order valence-corrected chi connectivity index (χ2v) is 5.05. The van der Waals surface area contributed by atoms with Crippen molar-refractivity contribution in [2.45, 2.75) is 0 Å². The molecule has 0 aliphatic carbocycles. The fraction of sp³-hybridized carbons (Fsp3) is 0. The van der Waals surface area contributed by atoms with Crippen LogP contribution in [-0.4, -0.2) is 21.2 Å². The van der Waals surface area contributed by atoms with Gasteiger partial charge >= 0.3 is 5.97 Å². The van der Waals surface area contributed by atoms with Gasteiger partial charge < -0.3 is 10.2 Å². The second-order valence-electron chi connectivity index (χ2n) is 4.02. The Morgan fingerprint density at radius 2 is 1.95 bits per heavy atom. The van der Waals surface area contributed by atoms with Crippen LogP contribution in [0.5, 0.6) is 5.75 Å². The fourth-order valence-electron chi connectivity index (χ4n) is 1.84. The van der Waals surface area contributed by atoms with E-state index in [0.29, 0.717) is 5.56 Å². The number of rotatable bonds is 2. The fourth-order valence-corrected chi connectivity index (χ4v) is 2.80. The molecule has 0 atom stereocenters. The average Bonchev–Trinajstić information content (AvgIpc) is 2.82. The number of thiazole rings is 1. The highest BCUT2D eigenvalue weighted by Gasteiger charge is 2.13. The van der Waals surface area contributed by atoms with Gasteiger partial charge in [0.2, 0.25) is 0 Å². The molecule has 5 heteroatoms. The molecule has 2 N–H and O–H groups in total. The summed E-state index contributed by atoms with van der Waals surface area (Å²) in [5.41, 5.74) is 1.46. The van der Waals surface area contributed by atoms with Crippen LogP contribution in [0.1, 0.15) is 10.4 Å². The maximum atomic E-state index is 11.0. The third-order valence-corrected chi connectivity index (χ3v) is 3.85. The predicted molar refractivity (Wildman–Crippen MR) is 73.7 cm³/mol. The maximum absolute atomic E-state index is 11.0. The highest BCUT2D eigenvalue weighted by Crippen LogP contribution is 2.32. The van der Waals surface area contributed by atoms with Crippen LogP contribution < -0.4 is 0 Å². The van der Waals surface area contributed by atoms with E-state index in [1.165, 1.54) is 23.5 Å². The van der Waals surface area contributed by atoms with Crippen molar-refractivity contribution in [3.63, 3.8) is 0 Å². The van der Waals surface area contributed by atoms with Crippen LogP contribution in [0.25, 0.3) is 20.8 Å². The van der Waals surface area contributed by atoms with Crippen molar-refractivity contribution in [3.8, 4) is 16.3 Å². The van der Waals surface area contributed by atoms with Crippen molar-refractivity contribution in [2.24, 2.45) is 0 Å². The highest BCUT2D eigenvalue weighted by atomic mass is 32.1. The van der Waals surface area contributed by atoms with Gasteiger partial charge in [-0.2, -0.15) is 0 Å². The summed E-state index contributed by atoms with van der Waals surface area (Å²) < 4.78 is 1.04. The molecule has 94 valence electrons. The topological polar surface area (TPSA) is 70.4 Å². The first-order chi connectivity index (χ1) is 9.15. The van der Waals surface area contributed by atoms with Crippen LogP contribution in [0.15, 0.2) is 42.5 Å². The number of hydrogen-bond acceptors (Lipinski definition) is 4. The third-order valence-electron chi connectivity index (χ3n) is 2.77. The summed E-state index contributed by atoms with van der Waals surface area (Å²) in [5, 5.41) is 19.2. The van der Waals surface area contributed by atoms with Gasteiger partial charge in [0.15, 0.2) is 0 Å². The quantitative estimate of drug-likeness (QED) is 0.749. The van der Waals surface area contributed by atoms with E-state index >= 15 is 0 Å². The lowest BCUT2D eigenvalue weighted by Gasteiger charge is -2.01. The summed E-state index contributed by atoms with van der Waals surface area (Å²) in [6, 6.07) is 12.2. The van der Waals surface area contributed by atoms with E-state index in [9.17, 15) is 9.90 Å². The minimum atomic E-state index is -1.15. The maximum Gasteiger partial charge on any atom is 0.339 e. The molecule has 19 heavy (non-hydrogen) atoms. The van der Waals surface area contributed by atoms with E-state index in [1.807, 2.05) is 24.3 Å². The van der Waals surface area contributed by atoms with Crippen LogP contribution >= 0.6 is 11.3 Å². The number of para-hydroxylation sites is 1. The molecule has 2 aromatic carbocycles. The SMILES string of the molecule is O=C(O)c1cc(-c2nc3ccccc3s2)ccc1O. The first-order valence-electron chi connectivity index (χ1n) is 5.57. The minimum absolute atomic E-state index is 0.114. The van der Waals surface area contributed by atoms with Crippen LogP contribution in [0.4, 0.5) is 0 Å². The van der Waals surface area contributed by atoms with Crippen LogP contribution in [-0.2, 0) is 0 Å². The molecule has 0 saturated carbocycles. The summed E-state index contributed by atoms with van der Waals surface area (Å²) in [4.78, 5) is 15.5. The molecule has 4 nitrogen and oxygen atoms in total.